The highest BCUT2D eigenvalue weighted by atomic mass is 79.9. The van der Waals surface area contributed by atoms with E-state index in [1.54, 1.807) is 0 Å². The number of hydrogen-bond donors (Lipinski definition) is 1. The molecule has 0 spiro atoms. The number of piperidine rings is 1. The number of aromatic nitrogens is 3. The topological polar surface area (TPSA) is 42.7 Å². The van der Waals surface area contributed by atoms with Gasteiger partial charge in [0, 0.05) is 4.47 Å². The molecule has 1 aliphatic heterocycles. The van der Waals surface area contributed by atoms with Gasteiger partial charge in [-0.2, -0.15) is 0 Å². The van der Waals surface area contributed by atoms with Crippen molar-refractivity contribution in [2.24, 2.45) is 0 Å². The summed E-state index contributed by atoms with van der Waals surface area (Å²) in [6.45, 7) is 2.14. The Bertz CT molecular complexity index is 507. The van der Waals surface area contributed by atoms with Gasteiger partial charge in [0.05, 0.1) is 11.6 Å². The van der Waals surface area contributed by atoms with E-state index >= 15 is 0 Å². The van der Waals surface area contributed by atoms with E-state index in [2.05, 4.69) is 42.3 Å². The summed E-state index contributed by atoms with van der Waals surface area (Å²) in [6, 6.07) is 6.64. The molecule has 0 amide bonds. The van der Waals surface area contributed by atoms with Crippen LogP contribution in [-0.4, -0.2) is 28.1 Å². The van der Waals surface area contributed by atoms with Gasteiger partial charge in [0.25, 0.3) is 0 Å². The zero-order valence-electron chi connectivity index (χ0n) is 9.27. The Hall–Kier alpha value is -0.650. The van der Waals surface area contributed by atoms with Gasteiger partial charge < -0.3 is 5.32 Å². The number of nitrogens with one attached hydrogen (secondary N) is 1. The molecular formula is C11H14BrClN4. The molecule has 1 aromatic carbocycles. The Balaban J connectivity index is 0.00000108. The fraction of sp³-hybridized carbons (Fsp3) is 0.455. The first kappa shape index (κ1) is 12.8. The standard InChI is InChI=1S/C11H13BrN4.ClH/c12-8-1-2-11-10(7-8)14-15-16(11)9-3-5-13-6-4-9;/h1-2,7,9,13H,3-6H2;1H. The zero-order chi connectivity index (χ0) is 11.0. The van der Waals surface area contributed by atoms with Gasteiger partial charge in [0.15, 0.2) is 0 Å². The van der Waals surface area contributed by atoms with Gasteiger partial charge in [0.1, 0.15) is 5.52 Å². The Morgan fingerprint density at radius 2 is 2.06 bits per heavy atom. The monoisotopic (exact) mass is 316 g/mol. The van der Waals surface area contributed by atoms with Crippen LogP contribution in [0.4, 0.5) is 0 Å². The molecule has 0 saturated carbocycles. The second-order valence-electron chi connectivity index (χ2n) is 4.15. The number of hydrogen-bond acceptors (Lipinski definition) is 3. The molecular weight excluding hydrogens is 304 g/mol. The Labute approximate surface area is 114 Å². The van der Waals surface area contributed by atoms with Crippen molar-refractivity contribution in [1.82, 2.24) is 20.3 Å². The lowest BCUT2D eigenvalue weighted by molar-refractivity contribution is 0.345. The van der Waals surface area contributed by atoms with Crippen molar-refractivity contribution in [2.45, 2.75) is 18.9 Å². The molecule has 1 aromatic heterocycles. The van der Waals surface area contributed by atoms with Crippen molar-refractivity contribution in [2.75, 3.05) is 13.1 Å². The predicted molar refractivity (Wildman–Crippen MR) is 73.6 cm³/mol. The maximum Gasteiger partial charge on any atom is 0.114 e. The van der Waals surface area contributed by atoms with Crippen LogP contribution >= 0.6 is 28.3 Å². The van der Waals surface area contributed by atoms with Crippen molar-refractivity contribution >= 4 is 39.4 Å². The summed E-state index contributed by atoms with van der Waals surface area (Å²) in [4.78, 5) is 0. The average Bonchev–Trinajstić information content (AvgIpc) is 2.73. The Kier molecular flexibility index (Phi) is 4.01. The fourth-order valence-corrected chi connectivity index (χ4v) is 2.58. The number of fused-ring (bicyclic) bond motifs is 1. The number of rotatable bonds is 1. The number of benzene rings is 1. The van der Waals surface area contributed by atoms with Crippen molar-refractivity contribution < 1.29 is 0 Å². The fourth-order valence-electron chi connectivity index (χ4n) is 2.24. The number of nitrogens with zero attached hydrogens (tertiary/aromatic N) is 3. The molecule has 2 heterocycles. The van der Waals surface area contributed by atoms with Gasteiger partial charge in [-0.05, 0) is 44.1 Å². The molecule has 1 N–H and O–H groups in total. The number of halogens is 2. The molecule has 2 aromatic rings. The third-order valence-electron chi connectivity index (χ3n) is 3.09. The molecule has 6 heteroatoms. The molecule has 3 rings (SSSR count). The highest BCUT2D eigenvalue weighted by Gasteiger charge is 2.18. The molecule has 4 nitrogen and oxygen atoms in total. The molecule has 17 heavy (non-hydrogen) atoms. The minimum atomic E-state index is 0. The van der Waals surface area contributed by atoms with Crippen molar-refractivity contribution in [3.05, 3.63) is 22.7 Å². The highest BCUT2D eigenvalue weighted by Crippen LogP contribution is 2.24. The van der Waals surface area contributed by atoms with Crippen LogP contribution in [0.2, 0.25) is 0 Å². The van der Waals surface area contributed by atoms with Crippen LogP contribution < -0.4 is 5.32 Å². The molecule has 0 bridgehead atoms. The van der Waals surface area contributed by atoms with Crippen LogP contribution in [0, 0.1) is 0 Å². The lowest BCUT2D eigenvalue weighted by Gasteiger charge is -2.22. The smallest absolute Gasteiger partial charge is 0.114 e. The molecule has 0 unspecified atom stereocenters. The van der Waals surface area contributed by atoms with Gasteiger partial charge in [-0.1, -0.05) is 21.1 Å². The molecule has 1 aliphatic rings. The van der Waals surface area contributed by atoms with Crippen LogP contribution in [0.5, 0.6) is 0 Å². The first-order chi connectivity index (χ1) is 7.84. The van der Waals surface area contributed by atoms with E-state index in [-0.39, 0.29) is 12.4 Å². The molecule has 92 valence electrons. The summed E-state index contributed by atoms with van der Waals surface area (Å²) < 4.78 is 3.13. The minimum Gasteiger partial charge on any atom is -0.317 e. The van der Waals surface area contributed by atoms with E-state index in [1.807, 2.05) is 12.1 Å². The maximum absolute atomic E-state index is 4.28. The Morgan fingerprint density at radius 3 is 2.82 bits per heavy atom. The molecule has 0 atom stereocenters. The van der Waals surface area contributed by atoms with Crippen LogP contribution in [0.25, 0.3) is 11.0 Å². The first-order valence-electron chi connectivity index (χ1n) is 5.56. The molecule has 0 aliphatic carbocycles. The van der Waals surface area contributed by atoms with Crippen molar-refractivity contribution in [3.63, 3.8) is 0 Å². The first-order valence-corrected chi connectivity index (χ1v) is 6.35. The second kappa shape index (κ2) is 5.33. The maximum atomic E-state index is 4.28. The van der Waals surface area contributed by atoms with E-state index in [1.165, 1.54) is 0 Å². The lowest BCUT2D eigenvalue weighted by atomic mass is 10.1. The lowest BCUT2D eigenvalue weighted by Crippen LogP contribution is -2.29. The third kappa shape index (κ3) is 2.46. The average molecular weight is 318 g/mol. The normalized spacial score (nSPS) is 17.0. The van der Waals surface area contributed by atoms with Crippen molar-refractivity contribution in [1.29, 1.82) is 0 Å². The van der Waals surface area contributed by atoms with E-state index in [9.17, 15) is 0 Å². The SMILES string of the molecule is Brc1ccc2c(c1)nnn2C1CCNCC1.Cl. The van der Waals surface area contributed by atoms with Crippen LogP contribution in [0.15, 0.2) is 22.7 Å². The van der Waals surface area contributed by atoms with Crippen LogP contribution in [0.3, 0.4) is 0 Å². The zero-order valence-corrected chi connectivity index (χ0v) is 11.7. The van der Waals surface area contributed by atoms with Gasteiger partial charge in [0.2, 0.25) is 0 Å². The molecule has 1 fully saturated rings. The van der Waals surface area contributed by atoms with Crippen molar-refractivity contribution in [3.8, 4) is 0 Å². The van der Waals surface area contributed by atoms with Crippen LogP contribution in [0.1, 0.15) is 18.9 Å². The summed E-state index contributed by atoms with van der Waals surface area (Å²) in [6.07, 6.45) is 2.27. The van der Waals surface area contributed by atoms with Gasteiger partial charge in [-0.3, -0.25) is 0 Å². The highest BCUT2D eigenvalue weighted by molar-refractivity contribution is 9.10. The van der Waals surface area contributed by atoms with Crippen LogP contribution in [-0.2, 0) is 0 Å². The Morgan fingerprint density at radius 1 is 1.29 bits per heavy atom. The largest absolute Gasteiger partial charge is 0.317 e. The van der Waals surface area contributed by atoms with Gasteiger partial charge in [-0.25, -0.2) is 4.68 Å². The summed E-state index contributed by atoms with van der Waals surface area (Å²) >= 11 is 3.45. The third-order valence-corrected chi connectivity index (χ3v) is 3.58. The predicted octanol–water partition coefficient (Wildman–Crippen LogP) is 2.54. The quantitative estimate of drug-likeness (QED) is 0.879. The summed E-state index contributed by atoms with van der Waals surface area (Å²) in [5, 5.41) is 11.9. The summed E-state index contributed by atoms with van der Waals surface area (Å²) in [7, 11) is 0. The van der Waals surface area contributed by atoms with E-state index in [0.29, 0.717) is 6.04 Å². The second-order valence-corrected chi connectivity index (χ2v) is 5.06. The van der Waals surface area contributed by atoms with E-state index in [0.717, 1.165) is 41.4 Å². The summed E-state index contributed by atoms with van der Waals surface area (Å²) in [5.41, 5.74) is 2.10. The minimum absolute atomic E-state index is 0. The van der Waals surface area contributed by atoms with Gasteiger partial charge >= 0.3 is 0 Å². The van der Waals surface area contributed by atoms with E-state index < -0.39 is 0 Å². The molecule has 1 saturated heterocycles. The molecule has 0 radical (unpaired) electrons. The van der Waals surface area contributed by atoms with E-state index in [4.69, 9.17) is 0 Å². The van der Waals surface area contributed by atoms with Gasteiger partial charge in [-0.15, -0.1) is 17.5 Å². The summed E-state index contributed by atoms with van der Waals surface area (Å²) in [5.74, 6) is 0.